The Kier molecular flexibility index (Phi) is 4.89. The van der Waals surface area contributed by atoms with Crippen LogP contribution in [0.1, 0.15) is 57.3 Å². The highest BCUT2D eigenvalue weighted by atomic mass is 16.5. The topological polar surface area (TPSA) is 72.6 Å². The molecule has 0 spiro atoms. The number of hydrogen-bond acceptors (Lipinski definition) is 5. The first kappa shape index (κ1) is 18.0. The van der Waals surface area contributed by atoms with E-state index in [4.69, 9.17) is 9.15 Å². The van der Waals surface area contributed by atoms with Crippen LogP contribution in [0.25, 0.3) is 11.1 Å². The van der Waals surface area contributed by atoms with Gasteiger partial charge in [-0.1, -0.05) is 18.6 Å². The number of carbonyl (C=O) groups is 2. The van der Waals surface area contributed by atoms with Gasteiger partial charge in [-0.15, -0.1) is 0 Å². The van der Waals surface area contributed by atoms with Gasteiger partial charge in [0.2, 0.25) is 5.91 Å². The van der Waals surface area contributed by atoms with E-state index >= 15 is 0 Å². The number of esters is 1. The van der Waals surface area contributed by atoms with Crippen molar-refractivity contribution in [3.05, 3.63) is 30.2 Å². The molecule has 2 aliphatic rings. The van der Waals surface area contributed by atoms with Crippen molar-refractivity contribution in [2.45, 2.75) is 51.4 Å². The van der Waals surface area contributed by atoms with Crippen LogP contribution in [0, 0.1) is 5.41 Å². The monoisotopic (exact) mass is 370 g/mol. The van der Waals surface area contributed by atoms with E-state index in [0.717, 1.165) is 49.7 Å². The lowest BCUT2D eigenvalue weighted by Crippen LogP contribution is -2.46. The smallest absolute Gasteiger partial charge is 0.312 e. The van der Waals surface area contributed by atoms with Crippen LogP contribution in [0.5, 0.6) is 0 Å². The van der Waals surface area contributed by atoms with Crippen molar-refractivity contribution in [3.63, 3.8) is 0 Å². The fraction of sp³-hybridized carbons (Fsp3) is 0.571. The number of hydrogen-bond donors (Lipinski definition) is 0. The fourth-order valence-electron chi connectivity index (χ4n) is 4.21. The zero-order chi connectivity index (χ0) is 18.9. The predicted octanol–water partition coefficient (Wildman–Crippen LogP) is 3.66. The number of oxazole rings is 1. The number of amides is 1. The molecule has 1 atom stereocenters. The summed E-state index contributed by atoms with van der Waals surface area (Å²) in [5.41, 5.74) is 1.04. The van der Waals surface area contributed by atoms with Crippen LogP contribution in [0.4, 0.5) is 0 Å². The largest absolute Gasteiger partial charge is 0.466 e. The average Bonchev–Trinajstić information content (AvgIpc) is 3.09. The summed E-state index contributed by atoms with van der Waals surface area (Å²) < 4.78 is 11.1. The Morgan fingerprint density at radius 3 is 2.81 bits per heavy atom. The molecule has 1 aliphatic carbocycles. The van der Waals surface area contributed by atoms with Crippen LogP contribution < -0.4 is 0 Å². The third-order valence-corrected chi connectivity index (χ3v) is 5.94. The number of likely N-dealkylation sites (tertiary alicyclic amines) is 1. The number of para-hydroxylation sites is 2. The molecule has 0 N–H and O–H groups in total. The number of benzene rings is 1. The van der Waals surface area contributed by atoms with Crippen molar-refractivity contribution in [3.8, 4) is 0 Å². The van der Waals surface area contributed by atoms with Crippen molar-refractivity contribution < 1.29 is 18.7 Å². The second-order valence-electron chi connectivity index (χ2n) is 7.73. The first-order valence-corrected chi connectivity index (χ1v) is 9.92. The summed E-state index contributed by atoms with van der Waals surface area (Å²) in [6.45, 7) is 3.50. The van der Waals surface area contributed by atoms with Crippen molar-refractivity contribution in [2.75, 3.05) is 19.7 Å². The van der Waals surface area contributed by atoms with E-state index in [9.17, 15) is 9.59 Å². The van der Waals surface area contributed by atoms with Crippen LogP contribution >= 0.6 is 0 Å². The van der Waals surface area contributed by atoms with Gasteiger partial charge in [0, 0.05) is 19.5 Å². The van der Waals surface area contributed by atoms with Gasteiger partial charge in [0.05, 0.1) is 17.9 Å². The number of carbonyl (C=O) groups excluding carboxylic acids is 2. The van der Waals surface area contributed by atoms with Gasteiger partial charge < -0.3 is 14.1 Å². The molecule has 1 aromatic carbocycles. The Bertz CT molecular complexity index is 807. The van der Waals surface area contributed by atoms with Crippen LogP contribution in [0.2, 0.25) is 0 Å². The molecule has 144 valence electrons. The first-order valence-electron chi connectivity index (χ1n) is 9.92. The van der Waals surface area contributed by atoms with Gasteiger partial charge in [0.25, 0.3) is 0 Å². The van der Waals surface area contributed by atoms with Crippen LogP contribution in [-0.4, -0.2) is 41.5 Å². The molecule has 1 aliphatic heterocycles. The quantitative estimate of drug-likeness (QED) is 0.751. The van der Waals surface area contributed by atoms with Gasteiger partial charge in [0.1, 0.15) is 5.52 Å². The molecule has 1 unspecified atom stereocenters. The summed E-state index contributed by atoms with van der Waals surface area (Å²) in [5, 5.41) is 0. The maximum Gasteiger partial charge on any atom is 0.312 e. The fourth-order valence-corrected chi connectivity index (χ4v) is 4.21. The molecule has 2 fully saturated rings. The number of nitrogens with zero attached hydrogens (tertiary/aromatic N) is 2. The number of piperidine rings is 1. The Hall–Kier alpha value is -2.37. The summed E-state index contributed by atoms with van der Waals surface area (Å²) >= 11 is 0. The van der Waals surface area contributed by atoms with Gasteiger partial charge in [0.15, 0.2) is 11.5 Å². The summed E-state index contributed by atoms with van der Waals surface area (Å²) in [5.74, 6) is 0.646. The van der Waals surface area contributed by atoms with Crippen LogP contribution in [0.15, 0.2) is 28.7 Å². The maximum absolute atomic E-state index is 12.9. The van der Waals surface area contributed by atoms with E-state index in [-0.39, 0.29) is 24.2 Å². The van der Waals surface area contributed by atoms with E-state index in [0.29, 0.717) is 19.0 Å². The Morgan fingerprint density at radius 1 is 1.30 bits per heavy atom. The molecular weight excluding hydrogens is 344 g/mol. The van der Waals surface area contributed by atoms with E-state index in [1.54, 1.807) is 0 Å². The number of aromatic nitrogens is 1. The highest BCUT2D eigenvalue weighted by molar-refractivity contribution is 5.86. The molecule has 4 rings (SSSR count). The molecule has 0 bridgehead atoms. The number of ether oxygens (including phenoxy) is 1. The molecular formula is C21H26N2O4. The minimum Gasteiger partial charge on any atom is -0.466 e. The standard InChI is InChI=1S/C21H26N2O4/c1-2-26-20(25)21(10-6-11-21)13-18(24)23-12-5-7-15(14-23)19-22-16-8-3-4-9-17(16)27-19/h3-4,8-9,15H,2,5-7,10-14H2,1H3. The van der Waals surface area contributed by atoms with E-state index in [1.165, 1.54) is 0 Å². The van der Waals surface area contributed by atoms with Gasteiger partial charge in [-0.05, 0) is 44.7 Å². The Labute approximate surface area is 158 Å². The predicted molar refractivity (Wildman–Crippen MR) is 100 cm³/mol. The molecule has 1 saturated carbocycles. The first-order chi connectivity index (χ1) is 13.1. The summed E-state index contributed by atoms with van der Waals surface area (Å²) in [6, 6.07) is 7.73. The molecule has 6 nitrogen and oxygen atoms in total. The lowest BCUT2D eigenvalue weighted by molar-refractivity contribution is -0.165. The summed E-state index contributed by atoms with van der Waals surface area (Å²) in [6.07, 6.45) is 4.62. The van der Waals surface area contributed by atoms with E-state index < -0.39 is 5.41 Å². The molecule has 1 aromatic heterocycles. The van der Waals surface area contributed by atoms with Crippen LogP contribution in [-0.2, 0) is 14.3 Å². The lowest BCUT2D eigenvalue weighted by atomic mass is 9.66. The average molecular weight is 370 g/mol. The molecule has 2 aromatic rings. The third-order valence-electron chi connectivity index (χ3n) is 5.94. The molecule has 1 amide bonds. The van der Waals surface area contributed by atoms with Gasteiger partial charge in [-0.3, -0.25) is 9.59 Å². The minimum absolute atomic E-state index is 0.0450. The number of rotatable bonds is 5. The molecule has 1 saturated heterocycles. The number of fused-ring (bicyclic) bond motifs is 1. The lowest BCUT2D eigenvalue weighted by Gasteiger charge is -2.40. The highest BCUT2D eigenvalue weighted by Crippen LogP contribution is 2.45. The third kappa shape index (κ3) is 3.45. The molecule has 2 heterocycles. The van der Waals surface area contributed by atoms with Crippen molar-refractivity contribution in [1.29, 1.82) is 0 Å². The zero-order valence-electron chi connectivity index (χ0n) is 15.8. The van der Waals surface area contributed by atoms with Gasteiger partial charge >= 0.3 is 5.97 Å². The maximum atomic E-state index is 12.9. The van der Waals surface area contributed by atoms with Gasteiger partial charge in [-0.2, -0.15) is 0 Å². The normalized spacial score (nSPS) is 21.7. The van der Waals surface area contributed by atoms with Crippen molar-refractivity contribution in [2.24, 2.45) is 5.41 Å². The molecule has 27 heavy (non-hydrogen) atoms. The van der Waals surface area contributed by atoms with E-state index in [2.05, 4.69) is 4.98 Å². The van der Waals surface area contributed by atoms with Crippen molar-refractivity contribution in [1.82, 2.24) is 9.88 Å². The summed E-state index contributed by atoms with van der Waals surface area (Å²) in [4.78, 5) is 31.7. The Morgan fingerprint density at radius 2 is 2.11 bits per heavy atom. The second kappa shape index (κ2) is 7.33. The molecule has 6 heteroatoms. The Balaban J connectivity index is 1.44. The minimum atomic E-state index is -0.600. The van der Waals surface area contributed by atoms with Gasteiger partial charge in [-0.25, -0.2) is 4.98 Å². The summed E-state index contributed by atoms with van der Waals surface area (Å²) in [7, 11) is 0. The second-order valence-corrected chi connectivity index (χ2v) is 7.73. The van der Waals surface area contributed by atoms with Crippen molar-refractivity contribution >= 4 is 23.0 Å². The van der Waals surface area contributed by atoms with E-state index in [1.807, 2.05) is 36.1 Å². The highest BCUT2D eigenvalue weighted by Gasteiger charge is 2.48. The van der Waals surface area contributed by atoms with Crippen LogP contribution in [0.3, 0.4) is 0 Å². The molecule has 0 radical (unpaired) electrons. The zero-order valence-corrected chi connectivity index (χ0v) is 15.8. The SMILES string of the molecule is CCOC(=O)C1(CC(=O)N2CCCC(c3nc4ccccc4o3)C2)CCC1.